The van der Waals surface area contributed by atoms with Gasteiger partial charge in [0.1, 0.15) is 5.82 Å². The predicted octanol–water partition coefficient (Wildman–Crippen LogP) is 2.57. The first kappa shape index (κ1) is 19.2. The molecule has 0 spiro atoms. The van der Waals surface area contributed by atoms with Crippen molar-refractivity contribution in [3.8, 4) is 0 Å². The van der Waals surface area contributed by atoms with Crippen molar-refractivity contribution in [2.45, 2.75) is 20.3 Å². The van der Waals surface area contributed by atoms with Crippen LogP contribution in [0.2, 0.25) is 0 Å². The van der Waals surface area contributed by atoms with Crippen LogP contribution in [0.15, 0.2) is 18.2 Å². The number of Topliss-reactive ketones (excluding diaryl/α,β-unsaturated/α-hetero) is 1. The Bertz CT molecular complexity index is 582. The second-order valence-corrected chi connectivity index (χ2v) is 7.22. The summed E-state index contributed by atoms with van der Waals surface area (Å²) in [5.41, 5.74) is 1.42. The summed E-state index contributed by atoms with van der Waals surface area (Å²) in [6.45, 7) is 10.7. The van der Waals surface area contributed by atoms with Crippen molar-refractivity contribution >= 4 is 23.9 Å². The molecule has 3 rings (SSSR count). The van der Waals surface area contributed by atoms with E-state index >= 15 is 0 Å². The fourth-order valence-corrected chi connectivity index (χ4v) is 3.67. The Kier molecular flexibility index (Phi) is 6.23. The average Bonchev–Trinajstić information content (AvgIpc) is 2.94. The third-order valence-electron chi connectivity index (χ3n) is 5.13. The molecule has 0 saturated carbocycles. The van der Waals surface area contributed by atoms with Crippen LogP contribution in [0.3, 0.4) is 0 Å². The molecule has 1 aromatic rings. The lowest BCUT2D eigenvalue weighted by molar-refractivity contribution is 0.101. The molecular weight excluding hydrogens is 329 g/mol. The van der Waals surface area contributed by atoms with Crippen LogP contribution in [-0.4, -0.2) is 56.5 Å². The Morgan fingerprint density at radius 3 is 2.54 bits per heavy atom. The first-order chi connectivity index (χ1) is 11.0. The van der Waals surface area contributed by atoms with E-state index in [1.165, 1.54) is 19.4 Å². The minimum atomic E-state index is -0.293. The average molecular weight is 356 g/mol. The molecule has 2 aliphatic rings. The van der Waals surface area contributed by atoms with E-state index in [1.807, 2.05) is 0 Å². The highest BCUT2D eigenvalue weighted by Gasteiger charge is 2.32. The van der Waals surface area contributed by atoms with Gasteiger partial charge in [-0.15, -0.1) is 12.4 Å². The maximum Gasteiger partial charge on any atom is 0.159 e. The van der Waals surface area contributed by atoms with Gasteiger partial charge in [0.2, 0.25) is 0 Å². The van der Waals surface area contributed by atoms with E-state index in [4.69, 9.17) is 0 Å². The highest BCUT2D eigenvalue weighted by Crippen LogP contribution is 2.27. The van der Waals surface area contributed by atoms with Gasteiger partial charge < -0.3 is 10.2 Å². The van der Waals surface area contributed by atoms with Crippen molar-refractivity contribution in [1.29, 1.82) is 0 Å². The maximum absolute atomic E-state index is 14.3. The summed E-state index contributed by atoms with van der Waals surface area (Å²) in [5, 5.41) is 3.44. The van der Waals surface area contributed by atoms with E-state index in [0.29, 0.717) is 16.7 Å². The van der Waals surface area contributed by atoms with Gasteiger partial charge >= 0.3 is 0 Å². The van der Waals surface area contributed by atoms with Gasteiger partial charge in [0.15, 0.2) is 5.78 Å². The van der Waals surface area contributed by atoms with Crippen LogP contribution >= 0.6 is 12.4 Å². The lowest BCUT2D eigenvalue weighted by Crippen LogP contribution is -2.50. The zero-order chi connectivity index (χ0) is 16.4. The number of hydrogen-bond donors (Lipinski definition) is 1. The smallest absolute Gasteiger partial charge is 0.159 e. The monoisotopic (exact) mass is 355 g/mol. The topological polar surface area (TPSA) is 35.6 Å². The number of nitrogens with zero attached hydrogens (tertiary/aromatic N) is 2. The molecule has 2 fully saturated rings. The normalized spacial score (nSPS) is 24.7. The quantitative estimate of drug-likeness (QED) is 0.842. The van der Waals surface area contributed by atoms with Gasteiger partial charge in [-0.1, -0.05) is 6.92 Å². The molecule has 0 aromatic heterocycles. The number of anilines is 1. The Hall–Kier alpha value is -1.17. The molecule has 0 aliphatic carbocycles. The third-order valence-corrected chi connectivity index (χ3v) is 5.13. The highest BCUT2D eigenvalue weighted by molar-refractivity contribution is 5.94. The number of nitrogens with one attached hydrogen (secondary N) is 1. The van der Waals surface area contributed by atoms with Crippen LogP contribution in [0, 0.1) is 11.2 Å². The SMILES string of the molecule is CC(=O)c1ccc(N2CCN(CC3(C)CCNC3)CC2)c(F)c1.Cl. The van der Waals surface area contributed by atoms with Gasteiger partial charge in [0.05, 0.1) is 5.69 Å². The fraction of sp³-hybridized carbons (Fsp3) is 0.611. The molecule has 24 heavy (non-hydrogen) atoms. The molecule has 0 amide bonds. The first-order valence-electron chi connectivity index (χ1n) is 8.45. The van der Waals surface area contributed by atoms with Crippen LogP contribution in [-0.2, 0) is 0 Å². The molecule has 2 saturated heterocycles. The summed E-state index contributed by atoms with van der Waals surface area (Å²) >= 11 is 0. The molecule has 134 valence electrons. The second kappa shape index (κ2) is 7.81. The molecule has 6 heteroatoms. The maximum atomic E-state index is 14.3. The summed E-state index contributed by atoms with van der Waals surface area (Å²) < 4.78 is 14.3. The number of benzene rings is 1. The van der Waals surface area contributed by atoms with E-state index in [9.17, 15) is 9.18 Å². The number of carbonyl (C=O) groups excluding carboxylic acids is 1. The molecule has 2 heterocycles. The van der Waals surface area contributed by atoms with Gasteiger partial charge in [0.25, 0.3) is 0 Å². The molecule has 2 aliphatic heterocycles. The summed E-state index contributed by atoms with van der Waals surface area (Å²) in [6, 6.07) is 4.82. The summed E-state index contributed by atoms with van der Waals surface area (Å²) in [4.78, 5) is 15.9. The van der Waals surface area contributed by atoms with Gasteiger partial charge in [-0.25, -0.2) is 4.39 Å². The van der Waals surface area contributed by atoms with E-state index in [2.05, 4.69) is 22.0 Å². The van der Waals surface area contributed by atoms with E-state index in [1.54, 1.807) is 12.1 Å². The van der Waals surface area contributed by atoms with Gasteiger partial charge in [-0.2, -0.15) is 0 Å². The predicted molar refractivity (Wildman–Crippen MR) is 97.9 cm³/mol. The number of halogens is 2. The number of hydrogen-bond acceptors (Lipinski definition) is 4. The van der Waals surface area contributed by atoms with Gasteiger partial charge in [-0.3, -0.25) is 9.69 Å². The van der Waals surface area contributed by atoms with E-state index in [-0.39, 0.29) is 24.0 Å². The summed E-state index contributed by atoms with van der Waals surface area (Å²) in [5.74, 6) is -0.392. The number of piperazine rings is 1. The van der Waals surface area contributed by atoms with Gasteiger partial charge in [0, 0.05) is 44.8 Å². The molecule has 1 N–H and O–H groups in total. The van der Waals surface area contributed by atoms with Crippen LogP contribution in [0.4, 0.5) is 10.1 Å². The molecule has 1 aromatic carbocycles. The number of rotatable bonds is 4. The standard InChI is InChI=1S/C18H26FN3O.ClH/c1-14(23)15-3-4-17(16(19)11-15)22-9-7-21(8-10-22)13-18(2)5-6-20-12-18;/h3-4,11,20H,5-10,12-13H2,1-2H3;1H. The second-order valence-electron chi connectivity index (χ2n) is 7.22. The van der Waals surface area contributed by atoms with Gasteiger partial charge in [-0.05, 0) is 43.5 Å². The van der Waals surface area contributed by atoms with Crippen molar-refractivity contribution in [3.63, 3.8) is 0 Å². The summed E-state index contributed by atoms with van der Waals surface area (Å²) in [6.07, 6.45) is 1.23. The van der Waals surface area contributed by atoms with Crippen LogP contribution < -0.4 is 10.2 Å². The highest BCUT2D eigenvalue weighted by atomic mass is 35.5. The third kappa shape index (κ3) is 4.26. The van der Waals surface area contributed by atoms with Crippen LogP contribution in [0.1, 0.15) is 30.6 Å². The molecule has 1 unspecified atom stereocenters. The number of carbonyl (C=O) groups is 1. The van der Waals surface area contributed by atoms with Crippen molar-refractivity contribution in [1.82, 2.24) is 10.2 Å². The van der Waals surface area contributed by atoms with E-state index < -0.39 is 0 Å². The van der Waals surface area contributed by atoms with Crippen molar-refractivity contribution in [2.24, 2.45) is 5.41 Å². The zero-order valence-corrected chi connectivity index (χ0v) is 15.3. The lowest BCUT2D eigenvalue weighted by Gasteiger charge is -2.39. The Morgan fingerprint density at radius 1 is 1.29 bits per heavy atom. The largest absolute Gasteiger partial charge is 0.367 e. The molecule has 4 nitrogen and oxygen atoms in total. The van der Waals surface area contributed by atoms with Crippen LogP contribution in [0.25, 0.3) is 0 Å². The zero-order valence-electron chi connectivity index (χ0n) is 14.5. The molecule has 0 bridgehead atoms. The van der Waals surface area contributed by atoms with Crippen molar-refractivity contribution in [3.05, 3.63) is 29.6 Å². The molecule has 0 radical (unpaired) electrons. The Balaban J connectivity index is 0.00000208. The number of ketones is 1. The molecule has 1 atom stereocenters. The molecular formula is C18H27ClFN3O. The first-order valence-corrected chi connectivity index (χ1v) is 8.45. The summed E-state index contributed by atoms with van der Waals surface area (Å²) in [7, 11) is 0. The van der Waals surface area contributed by atoms with E-state index in [0.717, 1.165) is 45.8 Å². The van der Waals surface area contributed by atoms with Crippen molar-refractivity contribution in [2.75, 3.05) is 50.7 Å². The minimum absolute atomic E-state index is 0. The minimum Gasteiger partial charge on any atom is -0.367 e. The Morgan fingerprint density at radius 2 is 2.00 bits per heavy atom. The Labute approximate surface area is 149 Å². The lowest BCUT2D eigenvalue weighted by atomic mass is 9.89. The van der Waals surface area contributed by atoms with Crippen molar-refractivity contribution < 1.29 is 9.18 Å². The van der Waals surface area contributed by atoms with Crippen LogP contribution in [0.5, 0.6) is 0 Å². The fourth-order valence-electron chi connectivity index (χ4n) is 3.67.